The summed E-state index contributed by atoms with van der Waals surface area (Å²) in [6, 6.07) is 20.9. The van der Waals surface area contributed by atoms with Crippen molar-refractivity contribution in [1.29, 1.82) is 0 Å². The lowest BCUT2D eigenvalue weighted by Gasteiger charge is -2.19. The van der Waals surface area contributed by atoms with Gasteiger partial charge in [0.05, 0.1) is 18.3 Å². The normalized spacial score (nSPS) is 13.6. The van der Waals surface area contributed by atoms with Crippen LogP contribution in [0, 0.1) is 6.92 Å². The molecule has 2 aromatic carbocycles. The van der Waals surface area contributed by atoms with E-state index in [0.717, 1.165) is 44.7 Å². The number of nitrogens with zero attached hydrogens (tertiary/aromatic N) is 4. The summed E-state index contributed by atoms with van der Waals surface area (Å²) in [6.45, 7) is 2.72. The Hall–Kier alpha value is -4.85. The second-order valence-electron chi connectivity index (χ2n) is 10.5. The van der Waals surface area contributed by atoms with Gasteiger partial charge in [-0.05, 0) is 78.9 Å². The molecule has 6 rings (SSSR count). The number of aryl methyl sites for hydroxylation is 1. The second-order valence-corrected chi connectivity index (χ2v) is 10.5. The van der Waals surface area contributed by atoms with Crippen LogP contribution in [0.5, 0.6) is 5.75 Å². The molecule has 206 valence electrons. The third-order valence-corrected chi connectivity index (χ3v) is 7.50. The summed E-state index contributed by atoms with van der Waals surface area (Å²) in [5.74, 6) is 1.35. The van der Waals surface area contributed by atoms with Crippen molar-refractivity contribution in [3.63, 3.8) is 0 Å². The Morgan fingerprint density at radius 2 is 1.80 bits per heavy atom. The SMILES string of the molecule is COc1ccc(CN(C)c2cc3ncc(-c4cc(NC(=O)c5ccnc(C6(F)CC6)c5)ccc4C)cc3cn2)cc1. The van der Waals surface area contributed by atoms with Crippen LogP contribution < -0.4 is 15.0 Å². The van der Waals surface area contributed by atoms with E-state index in [1.807, 2.05) is 74.9 Å². The first-order chi connectivity index (χ1) is 19.8. The van der Waals surface area contributed by atoms with Crippen LogP contribution in [0.25, 0.3) is 22.0 Å². The number of rotatable bonds is 8. The van der Waals surface area contributed by atoms with Crippen molar-refractivity contribution in [2.75, 3.05) is 24.4 Å². The predicted molar refractivity (Wildman–Crippen MR) is 159 cm³/mol. The van der Waals surface area contributed by atoms with E-state index < -0.39 is 5.67 Å². The number of hydrogen-bond acceptors (Lipinski definition) is 6. The smallest absolute Gasteiger partial charge is 0.255 e. The number of anilines is 2. The molecule has 1 aliphatic carbocycles. The van der Waals surface area contributed by atoms with Gasteiger partial charge in [0.15, 0.2) is 5.67 Å². The van der Waals surface area contributed by atoms with Gasteiger partial charge in [-0.2, -0.15) is 0 Å². The van der Waals surface area contributed by atoms with Crippen LogP contribution in [0.15, 0.2) is 85.3 Å². The van der Waals surface area contributed by atoms with Crippen molar-refractivity contribution in [2.45, 2.75) is 32.0 Å². The first-order valence-electron chi connectivity index (χ1n) is 13.5. The molecule has 0 atom stereocenters. The van der Waals surface area contributed by atoms with Crippen molar-refractivity contribution in [1.82, 2.24) is 15.0 Å². The summed E-state index contributed by atoms with van der Waals surface area (Å²) in [6.07, 6.45) is 6.06. The molecule has 1 fully saturated rings. The van der Waals surface area contributed by atoms with Gasteiger partial charge < -0.3 is 15.0 Å². The maximum Gasteiger partial charge on any atom is 0.255 e. The van der Waals surface area contributed by atoms with Crippen molar-refractivity contribution >= 4 is 28.3 Å². The topological polar surface area (TPSA) is 80.2 Å². The van der Waals surface area contributed by atoms with E-state index in [1.165, 1.54) is 6.20 Å². The Morgan fingerprint density at radius 3 is 2.56 bits per heavy atom. The highest BCUT2D eigenvalue weighted by Crippen LogP contribution is 2.48. The molecule has 0 radical (unpaired) electrons. The third-order valence-electron chi connectivity index (χ3n) is 7.50. The minimum Gasteiger partial charge on any atom is -0.497 e. The Balaban J connectivity index is 1.20. The third kappa shape index (κ3) is 5.59. The van der Waals surface area contributed by atoms with Gasteiger partial charge in [0.25, 0.3) is 5.91 Å². The summed E-state index contributed by atoms with van der Waals surface area (Å²) < 4.78 is 19.7. The average Bonchev–Trinajstić information content (AvgIpc) is 3.76. The number of fused-ring (bicyclic) bond motifs is 1. The number of halogens is 1. The molecule has 7 nitrogen and oxygen atoms in total. The Kier molecular flexibility index (Phi) is 6.83. The van der Waals surface area contributed by atoms with Gasteiger partial charge in [0.2, 0.25) is 0 Å². The molecule has 5 aromatic rings. The maximum atomic E-state index is 14.5. The standard InChI is InChI=1S/C33H30FN5O2/c1-21-4-7-26(38-32(40)23-10-13-35-30(15-23)33(34)11-12-33)16-28(21)24-14-25-19-37-31(17-29(25)36-18-24)39(2)20-22-5-8-27(41-3)9-6-22/h4-10,13-19H,11-12,20H2,1-3H3,(H,38,40). The van der Waals surface area contributed by atoms with Crippen molar-refractivity contribution in [3.05, 3.63) is 108 Å². The minimum absolute atomic E-state index is 0.306. The molecule has 1 N–H and O–H groups in total. The van der Waals surface area contributed by atoms with Gasteiger partial charge in [0.1, 0.15) is 11.6 Å². The largest absolute Gasteiger partial charge is 0.497 e. The Bertz CT molecular complexity index is 1750. The molecule has 0 unspecified atom stereocenters. The molecule has 8 heteroatoms. The zero-order chi connectivity index (χ0) is 28.6. The van der Waals surface area contributed by atoms with Crippen LogP contribution in [0.1, 0.15) is 40.0 Å². The van der Waals surface area contributed by atoms with Gasteiger partial charge in [-0.3, -0.25) is 14.8 Å². The van der Waals surface area contributed by atoms with Crippen LogP contribution in [0.4, 0.5) is 15.9 Å². The summed E-state index contributed by atoms with van der Waals surface area (Å²) >= 11 is 0. The molecule has 41 heavy (non-hydrogen) atoms. The number of alkyl halides is 1. The number of ether oxygens (including phenoxy) is 1. The van der Waals surface area contributed by atoms with Crippen LogP contribution >= 0.6 is 0 Å². The van der Waals surface area contributed by atoms with E-state index in [1.54, 1.807) is 19.2 Å². The highest BCUT2D eigenvalue weighted by molar-refractivity contribution is 6.04. The number of pyridine rings is 3. The number of hydrogen-bond donors (Lipinski definition) is 1. The van der Waals surface area contributed by atoms with E-state index in [2.05, 4.69) is 26.3 Å². The van der Waals surface area contributed by atoms with Crippen LogP contribution in [-0.4, -0.2) is 35.0 Å². The van der Waals surface area contributed by atoms with Crippen LogP contribution in [0.2, 0.25) is 0 Å². The molecule has 0 spiro atoms. The quantitative estimate of drug-likeness (QED) is 0.229. The molecule has 3 aromatic heterocycles. The van der Waals surface area contributed by atoms with Gasteiger partial charge in [-0.15, -0.1) is 0 Å². The van der Waals surface area contributed by atoms with E-state index in [4.69, 9.17) is 9.72 Å². The van der Waals surface area contributed by atoms with Gasteiger partial charge in [0, 0.05) is 60.4 Å². The van der Waals surface area contributed by atoms with Crippen molar-refractivity contribution < 1.29 is 13.9 Å². The predicted octanol–water partition coefficient (Wildman–Crippen LogP) is 6.86. The van der Waals surface area contributed by atoms with E-state index >= 15 is 0 Å². The van der Waals surface area contributed by atoms with Crippen LogP contribution in [-0.2, 0) is 12.2 Å². The zero-order valence-corrected chi connectivity index (χ0v) is 23.2. The number of carbonyl (C=O) groups excluding carboxylic acids is 1. The number of benzene rings is 2. The molecule has 0 bridgehead atoms. The molecule has 3 heterocycles. The van der Waals surface area contributed by atoms with Gasteiger partial charge in [-0.25, -0.2) is 9.37 Å². The lowest BCUT2D eigenvalue weighted by Crippen LogP contribution is -2.17. The average molecular weight is 548 g/mol. The molecule has 1 saturated carbocycles. The Morgan fingerprint density at radius 1 is 1.00 bits per heavy atom. The molecular weight excluding hydrogens is 517 g/mol. The van der Waals surface area contributed by atoms with E-state index in [-0.39, 0.29) is 5.91 Å². The number of amides is 1. The summed E-state index contributed by atoms with van der Waals surface area (Å²) in [7, 11) is 3.66. The monoisotopic (exact) mass is 547 g/mol. The fourth-order valence-electron chi connectivity index (χ4n) is 4.85. The number of methoxy groups -OCH3 is 1. The number of carbonyl (C=O) groups is 1. The van der Waals surface area contributed by atoms with Gasteiger partial charge >= 0.3 is 0 Å². The highest BCUT2D eigenvalue weighted by atomic mass is 19.1. The van der Waals surface area contributed by atoms with E-state index in [9.17, 15) is 9.18 Å². The van der Waals surface area contributed by atoms with E-state index in [0.29, 0.717) is 36.3 Å². The fourth-order valence-corrected chi connectivity index (χ4v) is 4.85. The lowest BCUT2D eigenvalue weighted by molar-refractivity contribution is 0.102. The first-order valence-corrected chi connectivity index (χ1v) is 13.5. The molecular formula is C33H30FN5O2. The Labute approximate surface area is 238 Å². The zero-order valence-electron chi connectivity index (χ0n) is 23.2. The molecule has 0 aliphatic heterocycles. The number of nitrogens with one attached hydrogen (secondary N) is 1. The molecule has 0 saturated heterocycles. The minimum atomic E-state index is -1.39. The van der Waals surface area contributed by atoms with Crippen LogP contribution in [0.3, 0.4) is 0 Å². The van der Waals surface area contributed by atoms with Crippen molar-refractivity contribution in [3.8, 4) is 16.9 Å². The van der Waals surface area contributed by atoms with Gasteiger partial charge in [-0.1, -0.05) is 18.2 Å². The maximum absolute atomic E-state index is 14.5. The first kappa shape index (κ1) is 26.4. The highest BCUT2D eigenvalue weighted by Gasteiger charge is 2.46. The molecule has 1 aliphatic rings. The van der Waals surface area contributed by atoms with Crippen molar-refractivity contribution in [2.24, 2.45) is 0 Å². The summed E-state index contributed by atoms with van der Waals surface area (Å²) in [4.78, 5) is 28.6. The lowest BCUT2D eigenvalue weighted by atomic mass is 10.00. The second kappa shape index (κ2) is 10.6. The summed E-state index contributed by atoms with van der Waals surface area (Å²) in [5.41, 5.74) is 4.87. The molecule has 1 amide bonds. The number of aromatic nitrogens is 3. The fraction of sp³-hybridized carbons (Fsp3) is 0.212. The summed E-state index contributed by atoms with van der Waals surface area (Å²) in [5, 5.41) is 3.86.